The zero-order valence-electron chi connectivity index (χ0n) is 13.8. The van der Waals surface area contributed by atoms with Gasteiger partial charge < -0.3 is 16.0 Å². The number of nitrogens with zero attached hydrogens (tertiary/aromatic N) is 1. The van der Waals surface area contributed by atoms with E-state index >= 15 is 0 Å². The predicted molar refractivity (Wildman–Crippen MR) is 95.8 cm³/mol. The summed E-state index contributed by atoms with van der Waals surface area (Å²) >= 11 is 0. The Morgan fingerprint density at radius 2 is 1.92 bits per heavy atom. The lowest BCUT2D eigenvalue weighted by molar-refractivity contribution is 0.0999. The van der Waals surface area contributed by atoms with E-state index in [4.69, 9.17) is 11.5 Å². The van der Waals surface area contributed by atoms with Gasteiger partial charge in [-0.1, -0.05) is 42.0 Å². The van der Waals surface area contributed by atoms with Crippen molar-refractivity contribution >= 4 is 16.8 Å². The van der Waals surface area contributed by atoms with Crippen LogP contribution in [-0.4, -0.2) is 10.5 Å². The van der Waals surface area contributed by atoms with Gasteiger partial charge in [0.15, 0.2) is 0 Å². The molecule has 1 amide bonds. The first-order valence-corrected chi connectivity index (χ1v) is 8.25. The van der Waals surface area contributed by atoms with Crippen molar-refractivity contribution in [3.63, 3.8) is 0 Å². The molecular weight excluding hydrogens is 298 g/mol. The number of nitrogens with two attached hydrogens (primary N) is 2. The van der Waals surface area contributed by atoms with E-state index in [1.807, 2.05) is 31.2 Å². The molecule has 1 atom stereocenters. The van der Waals surface area contributed by atoms with Gasteiger partial charge in [0, 0.05) is 23.1 Å². The molecule has 0 saturated carbocycles. The summed E-state index contributed by atoms with van der Waals surface area (Å²) in [4.78, 5) is 12.1. The third-order valence-electron chi connectivity index (χ3n) is 5.17. The van der Waals surface area contributed by atoms with Crippen LogP contribution in [0.2, 0.25) is 0 Å². The molecular formula is C20H21N3O. The monoisotopic (exact) mass is 319 g/mol. The average molecular weight is 319 g/mol. The van der Waals surface area contributed by atoms with Crippen molar-refractivity contribution in [2.75, 3.05) is 0 Å². The van der Waals surface area contributed by atoms with Gasteiger partial charge in [-0.05, 0) is 37.5 Å². The Hall–Kier alpha value is -2.59. The zero-order chi connectivity index (χ0) is 16.9. The van der Waals surface area contributed by atoms with Crippen molar-refractivity contribution in [3.8, 4) is 0 Å². The predicted octanol–water partition coefficient (Wildman–Crippen LogP) is 2.85. The van der Waals surface area contributed by atoms with E-state index < -0.39 is 5.54 Å². The summed E-state index contributed by atoms with van der Waals surface area (Å²) in [6.07, 6.45) is 1.55. The van der Waals surface area contributed by atoms with Gasteiger partial charge in [0.1, 0.15) is 0 Å². The highest BCUT2D eigenvalue weighted by Crippen LogP contribution is 2.37. The van der Waals surface area contributed by atoms with E-state index in [9.17, 15) is 4.79 Å². The topological polar surface area (TPSA) is 74.0 Å². The molecule has 4 rings (SSSR count). The van der Waals surface area contributed by atoms with Crippen LogP contribution >= 0.6 is 0 Å². The molecule has 4 heteroatoms. The molecule has 2 aromatic carbocycles. The second kappa shape index (κ2) is 5.21. The molecule has 0 spiro atoms. The van der Waals surface area contributed by atoms with Gasteiger partial charge in [0.25, 0.3) is 5.91 Å². The van der Waals surface area contributed by atoms with Crippen molar-refractivity contribution in [3.05, 3.63) is 70.9 Å². The number of amides is 1. The fourth-order valence-electron chi connectivity index (χ4n) is 3.95. The Kier molecular flexibility index (Phi) is 3.25. The molecule has 2 heterocycles. The van der Waals surface area contributed by atoms with Crippen LogP contribution in [0.3, 0.4) is 0 Å². The number of primary amides is 1. The number of hydrogen-bond donors (Lipinski definition) is 2. The van der Waals surface area contributed by atoms with Gasteiger partial charge in [-0.25, -0.2) is 0 Å². The van der Waals surface area contributed by atoms with Crippen LogP contribution in [0.15, 0.2) is 48.5 Å². The summed E-state index contributed by atoms with van der Waals surface area (Å²) in [7, 11) is 0. The first-order chi connectivity index (χ1) is 11.5. The van der Waals surface area contributed by atoms with E-state index in [1.54, 1.807) is 0 Å². The summed E-state index contributed by atoms with van der Waals surface area (Å²) in [5.41, 5.74) is 17.0. The number of fused-ring (bicyclic) bond motifs is 3. The molecule has 0 bridgehead atoms. The van der Waals surface area contributed by atoms with Crippen LogP contribution in [-0.2, 0) is 18.5 Å². The third kappa shape index (κ3) is 2.14. The van der Waals surface area contributed by atoms with E-state index in [1.165, 1.54) is 0 Å². The Bertz CT molecular complexity index is 942. The number of carbonyl (C=O) groups excluding carboxylic acids is 1. The van der Waals surface area contributed by atoms with Crippen molar-refractivity contribution in [2.45, 2.75) is 31.8 Å². The van der Waals surface area contributed by atoms with E-state index in [-0.39, 0.29) is 5.91 Å². The number of hydrogen-bond acceptors (Lipinski definition) is 2. The van der Waals surface area contributed by atoms with Crippen LogP contribution in [0.5, 0.6) is 0 Å². The van der Waals surface area contributed by atoms with Gasteiger partial charge >= 0.3 is 0 Å². The van der Waals surface area contributed by atoms with Gasteiger partial charge in [-0.15, -0.1) is 0 Å². The van der Waals surface area contributed by atoms with Crippen LogP contribution in [0.1, 0.15) is 33.6 Å². The summed E-state index contributed by atoms with van der Waals surface area (Å²) in [5.74, 6) is -0.358. The molecule has 0 saturated heterocycles. The Labute approximate surface area is 141 Å². The molecule has 3 aromatic rings. The summed E-state index contributed by atoms with van der Waals surface area (Å²) in [6.45, 7) is 2.68. The molecule has 0 radical (unpaired) electrons. The Morgan fingerprint density at radius 1 is 1.17 bits per heavy atom. The SMILES string of the molecule is Cc1ccc2c(c1)c(C(N)=O)c1n2CC(N)(c2ccccc2)CC1. The standard InChI is InChI=1S/C20H21N3O/c1-13-7-8-16-15(11-13)18(19(21)24)17-9-10-20(22,12-23(16)17)14-5-3-2-4-6-14/h2-8,11H,9-10,12,22H2,1H3,(H2,21,24). The van der Waals surface area contributed by atoms with Gasteiger partial charge in [0.05, 0.1) is 11.1 Å². The molecule has 0 aliphatic carbocycles. The second-order valence-corrected chi connectivity index (χ2v) is 6.81. The first-order valence-electron chi connectivity index (χ1n) is 8.25. The number of aryl methyl sites for hydroxylation is 1. The molecule has 4 nitrogen and oxygen atoms in total. The van der Waals surface area contributed by atoms with E-state index in [0.29, 0.717) is 12.1 Å². The molecule has 0 fully saturated rings. The van der Waals surface area contributed by atoms with Crippen LogP contribution < -0.4 is 11.5 Å². The fraction of sp³-hybridized carbons (Fsp3) is 0.250. The zero-order valence-corrected chi connectivity index (χ0v) is 13.8. The normalized spacial score (nSPS) is 20.1. The number of benzene rings is 2. The molecule has 4 N–H and O–H groups in total. The third-order valence-corrected chi connectivity index (χ3v) is 5.17. The van der Waals surface area contributed by atoms with Gasteiger partial charge in [-0.2, -0.15) is 0 Å². The maximum atomic E-state index is 12.1. The minimum absolute atomic E-state index is 0.358. The summed E-state index contributed by atoms with van der Waals surface area (Å²) < 4.78 is 2.19. The largest absolute Gasteiger partial charge is 0.366 e. The minimum atomic E-state index is -0.431. The molecule has 122 valence electrons. The van der Waals surface area contributed by atoms with Crippen LogP contribution in [0, 0.1) is 6.92 Å². The molecule has 1 aliphatic heterocycles. The second-order valence-electron chi connectivity index (χ2n) is 6.81. The van der Waals surface area contributed by atoms with Gasteiger partial charge in [0.2, 0.25) is 0 Å². The number of carbonyl (C=O) groups is 1. The number of rotatable bonds is 2. The highest BCUT2D eigenvalue weighted by atomic mass is 16.1. The van der Waals surface area contributed by atoms with E-state index in [0.717, 1.165) is 40.6 Å². The van der Waals surface area contributed by atoms with E-state index in [2.05, 4.69) is 28.8 Å². The smallest absolute Gasteiger partial charge is 0.251 e. The lowest BCUT2D eigenvalue weighted by Crippen LogP contribution is -2.44. The lowest BCUT2D eigenvalue weighted by Gasteiger charge is -2.36. The van der Waals surface area contributed by atoms with Crippen LogP contribution in [0.4, 0.5) is 0 Å². The molecule has 24 heavy (non-hydrogen) atoms. The maximum absolute atomic E-state index is 12.1. The Morgan fingerprint density at radius 3 is 2.62 bits per heavy atom. The first kappa shape index (κ1) is 15.0. The minimum Gasteiger partial charge on any atom is -0.366 e. The fourth-order valence-corrected chi connectivity index (χ4v) is 3.95. The average Bonchev–Trinajstić information content (AvgIpc) is 2.88. The highest BCUT2D eigenvalue weighted by molar-refractivity contribution is 6.08. The van der Waals surface area contributed by atoms with Gasteiger partial charge in [-0.3, -0.25) is 4.79 Å². The maximum Gasteiger partial charge on any atom is 0.251 e. The molecule has 1 aromatic heterocycles. The van der Waals surface area contributed by atoms with Crippen molar-refractivity contribution in [1.82, 2.24) is 4.57 Å². The number of aromatic nitrogens is 1. The van der Waals surface area contributed by atoms with Crippen molar-refractivity contribution in [1.29, 1.82) is 0 Å². The quantitative estimate of drug-likeness (QED) is 0.762. The summed E-state index contributed by atoms with van der Waals surface area (Å²) in [5, 5.41) is 0.940. The summed E-state index contributed by atoms with van der Waals surface area (Å²) in [6, 6.07) is 16.4. The van der Waals surface area contributed by atoms with Crippen LogP contribution in [0.25, 0.3) is 10.9 Å². The van der Waals surface area contributed by atoms with Crippen molar-refractivity contribution < 1.29 is 4.79 Å². The van der Waals surface area contributed by atoms with Crippen molar-refractivity contribution in [2.24, 2.45) is 11.5 Å². The lowest BCUT2D eigenvalue weighted by atomic mass is 9.83. The molecule has 1 aliphatic rings. The molecule has 1 unspecified atom stereocenters. The Balaban J connectivity index is 1.92. The highest BCUT2D eigenvalue weighted by Gasteiger charge is 2.35.